The van der Waals surface area contributed by atoms with Crippen LogP contribution in [0, 0.1) is 11.8 Å². The third kappa shape index (κ3) is 3.93. The number of hydrogen-bond acceptors (Lipinski definition) is 4. The van der Waals surface area contributed by atoms with Gasteiger partial charge >= 0.3 is 0 Å². The van der Waals surface area contributed by atoms with Crippen LogP contribution in [0.1, 0.15) is 44.4 Å². The summed E-state index contributed by atoms with van der Waals surface area (Å²) < 4.78 is 0. The molecule has 4 N–H and O–H groups in total. The number of nitrogens with zero attached hydrogens (tertiary/aromatic N) is 2. The van der Waals surface area contributed by atoms with Crippen molar-refractivity contribution in [2.45, 2.75) is 45.7 Å². The zero-order chi connectivity index (χ0) is 14.5. The van der Waals surface area contributed by atoms with Crippen LogP contribution in [0.4, 0.5) is 0 Å². The Labute approximate surface area is 120 Å². The van der Waals surface area contributed by atoms with Gasteiger partial charge in [0.15, 0.2) is 5.84 Å². The van der Waals surface area contributed by atoms with Gasteiger partial charge in [0.2, 0.25) is 0 Å². The first-order valence-electron chi connectivity index (χ1n) is 7.24. The smallest absolute Gasteiger partial charge is 0.188 e. The zero-order valence-corrected chi connectivity index (χ0v) is 12.2. The molecule has 1 aliphatic carbocycles. The molecule has 5 nitrogen and oxygen atoms in total. The van der Waals surface area contributed by atoms with Crippen LogP contribution < -0.4 is 11.1 Å². The fourth-order valence-corrected chi connectivity index (χ4v) is 3.15. The van der Waals surface area contributed by atoms with Crippen molar-refractivity contribution >= 4 is 5.84 Å². The number of rotatable bonds is 4. The third-order valence-electron chi connectivity index (χ3n) is 3.97. The highest BCUT2D eigenvalue weighted by Gasteiger charge is 2.23. The van der Waals surface area contributed by atoms with Crippen LogP contribution in [0.5, 0.6) is 0 Å². The largest absolute Gasteiger partial charge is 0.409 e. The summed E-state index contributed by atoms with van der Waals surface area (Å²) in [7, 11) is 0. The van der Waals surface area contributed by atoms with E-state index in [2.05, 4.69) is 29.3 Å². The molecule has 20 heavy (non-hydrogen) atoms. The number of pyridine rings is 1. The predicted octanol–water partition coefficient (Wildman–Crippen LogP) is 2.09. The summed E-state index contributed by atoms with van der Waals surface area (Å²) in [6, 6.07) is 4.39. The van der Waals surface area contributed by atoms with Crippen LogP contribution in [-0.4, -0.2) is 22.1 Å². The van der Waals surface area contributed by atoms with Crippen LogP contribution in [-0.2, 0) is 6.54 Å². The number of nitrogens with one attached hydrogen (secondary N) is 1. The summed E-state index contributed by atoms with van der Waals surface area (Å²) in [5.41, 5.74) is 7.17. The minimum Gasteiger partial charge on any atom is -0.409 e. The van der Waals surface area contributed by atoms with Gasteiger partial charge in [-0.05, 0) is 48.8 Å². The van der Waals surface area contributed by atoms with Gasteiger partial charge in [-0.3, -0.25) is 4.98 Å². The van der Waals surface area contributed by atoms with E-state index in [4.69, 9.17) is 10.9 Å². The quantitative estimate of drug-likeness (QED) is 0.340. The molecule has 0 aliphatic heterocycles. The van der Waals surface area contributed by atoms with E-state index in [0.717, 1.165) is 23.9 Å². The molecule has 2 rings (SSSR count). The predicted molar refractivity (Wildman–Crippen MR) is 79.6 cm³/mol. The molecule has 1 fully saturated rings. The maximum atomic E-state index is 8.68. The molecule has 0 radical (unpaired) electrons. The van der Waals surface area contributed by atoms with Gasteiger partial charge in [0, 0.05) is 18.8 Å². The number of oxime groups is 1. The second-order valence-corrected chi connectivity index (χ2v) is 6.03. The lowest BCUT2D eigenvalue weighted by Crippen LogP contribution is -2.36. The van der Waals surface area contributed by atoms with E-state index in [1.165, 1.54) is 19.3 Å². The van der Waals surface area contributed by atoms with E-state index in [1.54, 1.807) is 6.20 Å². The zero-order valence-electron chi connectivity index (χ0n) is 12.2. The Morgan fingerprint density at radius 3 is 2.75 bits per heavy atom. The second-order valence-electron chi connectivity index (χ2n) is 6.03. The van der Waals surface area contributed by atoms with E-state index >= 15 is 0 Å². The number of hydrogen-bond donors (Lipinski definition) is 3. The van der Waals surface area contributed by atoms with Gasteiger partial charge in [0.1, 0.15) is 5.69 Å². The van der Waals surface area contributed by atoms with Gasteiger partial charge in [-0.15, -0.1) is 0 Å². The molecule has 2 unspecified atom stereocenters. The number of aromatic nitrogens is 1. The van der Waals surface area contributed by atoms with Crippen LogP contribution in [0.2, 0.25) is 0 Å². The first-order chi connectivity index (χ1) is 9.58. The normalized spacial score (nSPS) is 27.5. The Hall–Kier alpha value is -1.62. The van der Waals surface area contributed by atoms with Gasteiger partial charge in [-0.1, -0.05) is 19.0 Å². The van der Waals surface area contributed by atoms with E-state index < -0.39 is 0 Å². The standard InChI is InChI=1S/C15H24N4O/c1-10-5-11(2)7-13(6-10)18-9-12-3-4-17-14(8-12)15(16)19-20/h3-4,8,10-11,13,18,20H,5-7,9H2,1-2H3,(H2,16,19). The van der Waals surface area contributed by atoms with Crippen molar-refractivity contribution in [1.82, 2.24) is 10.3 Å². The van der Waals surface area contributed by atoms with Gasteiger partial charge in [-0.2, -0.15) is 0 Å². The van der Waals surface area contributed by atoms with E-state index in [-0.39, 0.29) is 5.84 Å². The fraction of sp³-hybridized carbons (Fsp3) is 0.600. The van der Waals surface area contributed by atoms with Gasteiger partial charge in [-0.25, -0.2) is 0 Å². The van der Waals surface area contributed by atoms with Crippen molar-refractivity contribution in [1.29, 1.82) is 0 Å². The summed E-state index contributed by atoms with van der Waals surface area (Å²) in [5.74, 6) is 1.63. The maximum Gasteiger partial charge on any atom is 0.188 e. The number of amidine groups is 1. The van der Waals surface area contributed by atoms with Crippen LogP contribution in [0.25, 0.3) is 0 Å². The highest BCUT2D eigenvalue weighted by Crippen LogP contribution is 2.28. The molecule has 1 aromatic rings. The molecule has 0 saturated heterocycles. The van der Waals surface area contributed by atoms with Gasteiger partial charge < -0.3 is 16.3 Å². The van der Waals surface area contributed by atoms with Crippen molar-refractivity contribution in [3.05, 3.63) is 29.6 Å². The summed E-state index contributed by atoms with van der Waals surface area (Å²) in [6.45, 7) is 5.44. The molecule has 0 amide bonds. The molecule has 2 atom stereocenters. The maximum absolute atomic E-state index is 8.68. The van der Waals surface area contributed by atoms with Crippen molar-refractivity contribution < 1.29 is 5.21 Å². The van der Waals surface area contributed by atoms with Crippen LogP contribution in [0.15, 0.2) is 23.5 Å². The molecule has 1 heterocycles. The molecule has 1 aromatic heterocycles. The second kappa shape index (κ2) is 6.70. The van der Waals surface area contributed by atoms with Crippen molar-refractivity contribution in [2.24, 2.45) is 22.7 Å². The van der Waals surface area contributed by atoms with Crippen molar-refractivity contribution in [2.75, 3.05) is 0 Å². The molecule has 110 valence electrons. The van der Waals surface area contributed by atoms with Gasteiger partial charge in [0.25, 0.3) is 0 Å². The third-order valence-corrected chi connectivity index (χ3v) is 3.97. The molecular formula is C15H24N4O. The van der Waals surface area contributed by atoms with Crippen LogP contribution >= 0.6 is 0 Å². The molecule has 0 spiro atoms. The minimum atomic E-state index is 0.0479. The Morgan fingerprint density at radius 2 is 2.10 bits per heavy atom. The Balaban J connectivity index is 1.94. The van der Waals surface area contributed by atoms with E-state index in [1.807, 2.05) is 12.1 Å². The highest BCUT2D eigenvalue weighted by atomic mass is 16.4. The number of nitrogens with two attached hydrogens (primary N) is 1. The first kappa shape index (κ1) is 14.8. The lowest BCUT2D eigenvalue weighted by molar-refractivity contribution is 0.238. The molecular weight excluding hydrogens is 252 g/mol. The molecule has 0 aromatic carbocycles. The summed E-state index contributed by atoms with van der Waals surface area (Å²) >= 11 is 0. The Morgan fingerprint density at radius 1 is 1.40 bits per heavy atom. The van der Waals surface area contributed by atoms with Crippen molar-refractivity contribution in [3.63, 3.8) is 0 Å². The lowest BCUT2D eigenvalue weighted by Gasteiger charge is -2.32. The summed E-state index contributed by atoms with van der Waals surface area (Å²) in [5, 5.41) is 15.3. The van der Waals surface area contributed by atoms with Crippen LogP contribution in [0.3, 0.4) is 0 Å². The monoisotopic (exact) mass is 276 g/mol. The fourth-order valence-electron chi connectivity index (χ4n) is 3.15. The minimum absolute atomic E-state index is 0.0479. The Bertz CT molecular complexity index is 465. The average molecular weight is 276 g/mol. The molecule has 5 heteroatoms. The topological polar surface area (TPSA) is 83.5 Å². The summed E-state index contributed by atoms with van der Waals surface area (Å²) in [4.78, 5) is 4.09. The highest BCUT2D eigenvalue weighted by molar-refractivity contribution is 5.95. The molecule has 1 aliphatic rings. The van der Waals surface area contributed by atoms with Crippen molar-refractivity contribution in [3.8, 4) is 0 Å². The molecule has 0 bridgehead atoms. The lowest BCUT2D eigenvalue weighted by atomic mass is 9.80. The average Bonchev–Trinajstić information content (AvgIpc) is 2.43. The summed E-state index contributed by atoms with van der Waals surface area (Å²) in [6.07, 6.45) is 5.50. The SMILES string of the molecule is CC1CC(C)CC(NCc2ccnc(C(N)=NO)c2)C1. The Kier molecular flexibility index (Phi) is 4.95. The molecule has 1 saturated carbocycles. The first-order valence-corrected chi connectivity index (χ1v) is 7.24. The van der Waals surface area contributed by atoms with E-state index in [9.17, 15) is 0 Å². The van der Waals surface area contributed by atoms with Gasteiger partial charge in [0.05, 0.1) is 0 Å². The van der Waals surface area contributed by atoms with E-state index in [0.29, 0.717) is 11.7 Å².